The van der Waals surface area contributed by atoms with Crippen molar-refractivity contribution in [3.63, 3.8) is 0 Å². The van der Waals surface area contributed by atoms with Gasteiger partial charge in [-0.25, -0.2) is 4.79 Å². The molecule has 4 aromatic rings. The molecule has 1 N–H and O–H groups in total. The molecule has 0 bridgehead atoms. The molecule has 2 aromatic heterocycles. The molecule has 0 aliphatic heterocycles. The molecule has 4 rings (SSSR count). The second-order valence-electron chi connectivity index (χ2n) is 6.43. The van der Waals surface area contributed by atoms with E-state index in [0.29, 0.717) is 12.2 Å². The average Bonchev–Trinajstić information content (AvgIpc) is 2.99. The predicted octanol–water partition coefficient (Wildman–Crippen LogP) is 4.82. The Hall–Kier alpha value is -2.96. The first-order valence-corrected chi connectivity index (χ1v) is 9.85. The number of carbonyl (C=O) groups is 1. The lowest BCUT2D eigenvalue weighted by Crippen LogP contribution is -2.32. The summed E-state index contributed by atoms with van der Waals surface area (Å²) in [6, 6.07) is 16.9. The van der Waals surface area contributed by atoms with E-state index in [-0.39, 0.29) is 6.03 Å². The van der Waals surface area contributed by atoms with Gasteiger partial charge in [-0.2, -0.15) is 0 Å². The number of likely N-dealkylation sites (N-methyl/N-ethyl adjacent to an activating group) is 1. The van der Waals surface area contributed by atoms with Crippen LogP contribution in [0.3, 0.4) is 0 Å². The smallest absolute Gasteiger partial charge is 0.321 e. The van der Waals surface area contributed by atoms with Crippen LogP contribution in [0.4, 0.5) is 10.5 Å². The number of carbonyl (C=O) groups excluding carboxylic acids is 1. The number of pyridine rings is 1. The number of nitrogens with one attached hydrogen (secondary N) is 1. The normalized spacial score (nSPS) is 11.7. The van der Waals surface area contributed by atoms with Gasteiger partial charge in [0, 0.05) is 48.5 Å². The van der Waals surface area contributed by atoms with Crippen molar-refractivity contribution in [2.75, 3.05) is 18.9 Å². The molecule has 1 unspecified atom stereocenters. The number of urea groups is 1. The van der Waals surface area contributed by atoms with Crippen LogP contribution in [-0.2, 0) is 6.42 Å². The van der Waals surface area contributed by atoms with Crippen molar-refractivity contribution < 1.29 is 9.35 Å². The van der Waals surface area contributed by atoms with Crippen LogP contribution in [0.15, 0.2) is 67.0 Å². The Morgan fingerprint density at radius 1 is 1.07 bits per heavy atom. The predicted molar refractivity (Wildman–Crippen MR) is 110 cm³/mol. The average molecular weight is 377 g/mol. The highest BCUT2D eigenvalue weighted by Crippen LogP contribution is 2.41. The highest BCUT2D eigenvalue weighted by atomic mass is 32.2. The molecule has 2 amide bonds. The summed E-state index contributed by atoms with van der Waals surface area (Å²) in [7, 11) is 0.617. The van der Waals surface area contributed by atoms with Crippen molar-refractivity contribution in [2.45, 2.75) is 6.42 Å². The maximum absolute atomic E-state index is 12.6. The molecule has 0 aliphatic rings. The summed E-state index contributed by atoms with van der Waals surface area (Å²) in [6.07, 6.45) is 4.27. The van der Waals surface area contributed by atoms with Gasteiger partial charge in [0.2, 0.25) is 0 Å². The molecule has 5 nitrogen and oxygen atoms in total. The number of nitrogens with zero attached hydrogens (tertiary/aromatic N) is 2. The molecule has 0 spiro atoms. The summed E-state index contributed by atoms with van der Waals surface area (Å²) in [5, 5.41) is 4.81. The van der Waals surface area contributed by atoms with Gasteiger partial charge in [0.15, 0.2) is 9.40 Å². The van der Waals surface area contributed by atoms with Crippen LogP contribution in [0.1, 0.15) is 5.56 Å². The first-order valence-electron chi connectivity index (χ1n) is 8.70. The number of amides is 2. The van der Waals surface area contributed by atoms with Gasteiger partial charge < -0.3 is 14.8 Å². The molecular formula is C21H19N3O2S. The Balaban J connectivity index is 1.51. The molecule has 0 radical (unpaired) electrons. The summed E-state index contributed by atoms with van der Waals surface area (Å²) in [5.41, 5.74) is 1.84. The molecule has 0 aliphatic carbocycles. The maximum Gasteiger partial charge on any atom is 0.321 e. The number of anilines is 1. The largest absolute Gasteiger partial charge is 0.590 e. The number of fused-ring (bicyclic) bond motifs is 3. The molecule has 136 valence electrons. The van der Waals surface area contributed by atoms with Crippen LogP contribution in [0.5, 0.6) is 0 Å². The van der Waals surface area contributed by atoms with Crippen molar-refractivity contribution in [3.05, 3.63) is 72.6 Å². The second kappa shape index (κ2) is 7.34. The van der Waals surface area contributed by atoms with E-state index in [1.54, 1.807) is 30.4 Å². The number of hydrogen-bond donors (Lipinski definition) is 1. The van der Waals surface area contributed by atoms with Gasteiger partial charge in [0.05, 0.1) is 0 Å². The third-order valence-electron chi connectivity index (χ3n) is 4.64. The lowest BCUT2D eigenvalue weighted by atomic mass is 10.1. The van der Waals surface area contributed by atoms with Crippen LogP contribution in [0.2, 0.25) is 0 Å². The summed E-state index contributed by atoms with van der Waals surface area (Å²) in [5.74, 6) is 0. The maximum atomic E-state index is 12.6. The fourth-order valence-electron chi connectivity index (χ4n) is 3.12. The molecule has 6 heteroatoms. The van der Waals surface area contributed by atoms with Crippen molar-refractivity contribution in [3.8, 4) is 0 Å². The molecular weight excluding hydrogens is 358 g/mol. The zero-order valence-corrected chi connectivity index (χ0v) is 15.7. The Morgan fingerprint density at radius 3 is 2.63 bits per heavy atom. The minimum atomic E-state index is -1.15. The third-order valence-corrected chi connectivity index (χ3v) is 6.15. The molecule has 2 aromatic carbocycles. The van der Waals surface area contributed by atoms with Crippen LogP contribution in [-0.4, -0.2) is 34.1 Å². The van der Waals surface area contributed by atoms with E-state index in [4.69, 9.17) is 0 Å². The third kappa shape index (κ3) is 3.49. The molecule has 27 heavy (non-hydrogen) atoms. The molecule has 1 atom stereocenters. The van der Waals surface area contributed by atoms with Crippen LogP contribution in [0.25, 0.3) is 20.2 Å². The Bertz CT molecular complexity index is 1110. The fourth-order valence-corrected chi connectivity index (χ4v) is 4.49. The van der Waals surface area contributed by atoms with Gasteiger partial charge >= 0.3 is 6.03 Å². The standard InChI is InChI=1S/C21H19N3O2S/c1-24(13-10-15-8-11-22-12-9-15)21(25)23-16-6-7-20-18(14-16)17-4-2-3-5-19(17)27(20)26/h2-9,11-12,14H,10,13H2,1H3,(H,23,25). The van der Waals surface area contributed by atoms with E-state index in [0.717, 1.165) is 32.2 Å². The van der Waals surface area contributed by atoms with Gasteiger partial charge in [-0.1, -0.05) is 12.1 Å². The zero-order chi connectivity index (χ0) is 18.8. The van der Waals surface area contributed by atoms with Crippen molar-refractivity contribution >= 4 is 42.6 Å². The van der Waals surface area contributed by atoms with Gasteiger partial charge in [-0.3, -0.25) is 4.98 Å². The summed E-state index contributed by atoms with van der Waals surface area (Å²) in [4.78, 5) is 18.1. The number of aromatic nitrogens is 1. The highest BCUT2D eigenvalue weighted by Gasteiger charge is 2.16. The lowest BCUT2D eigenvalue weighted by molar-refractivity contribution is 0.223. The summed E-state index contributed by atoms with van der Waals surface area (Å²) >= 11 is 0. The van der Waals surface area contributed by atoms with E-state index < -0.39 is 10.8 Å². The lowest BCUT2D eigenvalue weighted by Gasteiger charge is -2.18. The summed E-state index contributed by atoms with van der Waals surface area (Å²) in [6.45, 7) is 0.605. The van der Waals surface area contributed by atoms with E-state index in [1.165, 1.54) is 0 Å². The van der Waals surface area contributed by atoms with Gasteiger partial charge in [0.25, 0.3) is 0 Å². The van der Waals surface area contributed by atoms with Gasteiger partial charge in [0.1, 0.15) is 0 Å². The first kappa shape index (κ1) is 17.5. The number of hydrogen-bond acceptors (Lipinski definition) is 3. The minimum absolute atomic E-state index is 0.170. The van der Waals surface area contributed by atoms with Crippen LogP contribution >= 0.6 is 10.8 Å². The Morgan fingerprint density at radius 2 is 1.81 bits per heavy atom. The topological polar surface area (TPSA) is 68.3 Å². The van der Waals surface area contributed by atoms with Gasteiger partial charge in [-0.05, 0) is 59.1 Å². The second-order valence-corrected chi connectivity index (χ2v) is 7.85. The first-order chi connectivity index (χ1) is 13.1. The van der Waals surface area contributed by atoms with Crippen molar-refractivity contribution in [1.82, 2.24) is 9.88 Å². The number of rotatable bonds is 4. The Labute approximate surface area is 160 Å². The SMILES string of the molecule is CN(CCc1ccncc1)C(=O)Nc1ccc2c(c1)c1ccccc1[s+]2[O-]. The Kier molecular flexibility index (Phi) is 4.75. The molecule has 0 fully saturated rings. The van der Waals surface area contributed by atoms with E-state index in [2.05, 4.69) is 10.3 Å². The van der Waals surface area contributed by atoms with Gasteiger partial charge in [-0.15, -0.1) is 0 Å². The van der Waals surface area contributed by atoms with Crippen molar-refractivity contribution in [2.24, 2.45) is 0 Å². The van der Waals surface area contributed by atoms with Crippen LogP contribution in [0, 0.1) is 0 Å². The van der Waals surface area contributed by atoms with E-state index in [1.807, 2.05) is 48.5 Å². The fraction of sp³-hybridized carbons (Fsp3) is 0.143. The van der Waals surface area contributed by atoms with E-state index >= 15 is 0 Å². The van der Waals surface area contributed by atoms with E-state index in [9.17, 15) is 9.35 Å². The number of benzene rings is 2. The minimum Gasteiger partial charge on any atom is -0.590 e. The van der Waals surface area contributed by atoms with Crippen LogP contribution < -0.4 is 5.32 Å². The molecule has 2 heterocycles. The number of thiophene rings is 1. The molecule has 0 saturated carbocycles. The summed E-state index contributed by atoms with van der Waals surface area (Å²) < 4.78 is 14.2. The van der Waals surface area contributed by atoms with Crippen molar-refractivity contribution in [1.29, 1.82) is 0 Å². The quantitative estimate of drug-likeness (QED) is 0.518. The highest BCUT2D eigenvalue weighted by molar-refractivity contribution is 7.37. The monoisotopic (exact) mass is 377 g/mol. The zero-order valence-electron chi connectivity index (χ0n) is 14.9. The molecule has 0 saturated heterocycles.